The maximum absolute atomic E-state index is 11.5. The number of non-ortho nitro benzene ring substituents is 1. The van der Waals surface area contributed by atoms with Crippen LogP contribution >= 0.6 is 11.8 Å². The molecule has 0 spiro atoms. The molecule has 0 heterocycles. The lowest BCUT2D eigenvalue weighted by Crippen LogP contribution is -2.17. The van der Waals surface area contributed by atoms with Crippen molar-refractivity contribution in [3.05, 3.63) is 47.0 Å². The number of allylic oxidation sites excluding steroid dienone is 1. The van der Waals surface area contributed by atoms with E-state index in [1.165, 1.54) is 31.0 Å². The van der Waals surface area contributed by atoms with Crippen LogP contribution in [0.2, 0.25) is 0 Å². The van der Waals surface area contributed by atoms with Gasteiger partial charge in [-0.15, -0.1) is 18.3 Å². The van der Waals surface area contributed by atoms with E-state index < -0.39 is 4.92 Å². The Morgan fingerprint density at radius 2 is 2.16 bits per heavy atom. The Bertz CT molecular complexity index is 458. The molecule has 0 saturated heterocycles. The van der Waals surface area contributed by atoms with Crippen LogP contribution in [0.15, 0.2) is 41.8 Å². The Balaban J connectivity index is 2.61. The molecule has 6 heteroatoms. The van der Waals surface area contributed by atoms with Crippen LogP contribution in [0, 0.1) is 16.0 Å². The Morgan fingerprint density at radius 3 is 2.63 bits per heavy atom. The second-order valence-corrected chi connectivity index (χ2v) is 4.90. The van der Waals surface area contributed by atoms with Crippen LogP contribution < -0.4 is 0 Å². The van der Waals surface area contributed by atoms with E-state index in [9.17, 15) is 14.9 Å². The number of rotatable bonds is 7. The molecule has 1 unspecified atom stereocenters. The van der Waals surface area contributed by atoms with Crippen molar-refractivity contribution in [2.24, 2.45) is 5.92 Å². The molecule has 1 atom stereocenters. The molecule has 0 bridgehead atoms. The molecule has 1 rings (SSSR count). The number of nitro groups is 1. The van der Waals surface area contributed by atoms with Gasteiger partial charge in [-0.25, -0.2) is 0 Å². The molecule has 0 fully saturated rings. The molecule has 0 amide bonds. The van der Waals surface area contributed by atoms with Crippen LogP contribution in [0.3, 0.4) is 0 Å². The lowest BCUT2D eigenvalue weighted by molar-refractivity contribution is -0.384. The van der Waals surface area contributed by atoms with Crippen LogP contribution in [-0.4, -0.2) is 23.8 Å². The number of nitrogens with zero attached hydrogens (tertiary/aromatic N) is 1. The van der Waals surface area contributed by atoms with Crippen molar-refractivity contribution in [1.82, 2.24) is 0 Å². The maximum atomic E-state index is 11.5. The standard InChI is InChI=1S/C13H15NO4S/c1-3-4-10(13(15)18-2)9-19-12-7-5-11(6-8-12)14(16)17/h3,5-8,10H,1,4,9H2,2H3. The highest BCUT2D eigenvalue weighted by Gasteiger charge is 2.18. The monoisotopic (exact) mass is 281 g/mol. The molecule has 0 saturated carbocycles. The molecule has 102 valence electrons. The van der Waals surface area contributed by atoms with E-state index in [0.29, 0.717) is 12.2 Å². The van der Waals surface area contributed by atoms with Gasteiger partial charge < -0.3 is 4.74 Å². The first-order valence-corrected chi connectivity index (χ1v) is 6.63. The summed E-state index contributed by atoms with van der Waals surface area (Å²) >= 11 is 1.46. The summed E-state index contributed by atoms with van der Waals surface area (Å²) in [7, 11) is 1.36. The van der Waals surface area contributed by atoms with E-state index in [1.54, 1.807) is 18.2 Å². The highest BCUT2D eigenvalue weighted by Crippen LogP contribution is 2.25. The SMILES string of the molecule is C=CCC(CSc1ccc([N+](=O)[O-])cc1)C(=O)OC. The first-order chi connectivity index (χ1) is 9.08. The smallest absolute Gasteiger partial charge is 0.309 e. The van der Waals surface area contributed by atoms with Gasteiger partial charge >= 0.3 is 5.97 Å². The molecule has 1 aromatic rings. The van der Waals surface area contributed by atoms with Gasteiger partial charge in [0.05, 0.1) is 18.0 Å². The quantitative estimate of drug-likeness (QED) is 0.252. The Kier molecular flexibility index (Phi) is 6.08. The number of ether oxygens (including phenoxy) is 1. The van der Waals surface area contributed by atoms with Crippen LogP contribution in [-0.2, 0) is 9.53 Å². The van der Waals surface area contributed by atoms with E-state index in [1.807, 2.05) is 0 Å². The molecule has 5 nitrogen and oxygen atoms in total. The number of carbonyl (C=O) groups is 1. The number of carbonyl (C=O) groups excluding carboxylic acids is 1. The maximum Gasteiger partial charge on any atom is 0.309 e. The van der Waals surface area contributed by atoms with Crippen molar-refractivity contribution in [3.63, 3.8) is 0 Å². The minimum absolute atomic E-state index is 0.0555. The van der Waals surface area contributed by atoms with Crippen LogP contribution in [0.4, 0.5) is 5.69 Å². The van der Waals surface area contributed by atoms with E-state index in [-0.39, 0.29) is 17.6 Å². The summed E-state index contributed by atoms with van der Waals surface area (Å²) in [6, 6.07) is 6.24. The summed E-state index contributed by atoms with van der Waals surface area (Å²) in [5.41, 5.74) is 0.0555. The van der Waals surface area contributed by atoms with Gasteiger partial charge in [-0.2, -0.15) is 0 Å². The van der Waals surface area contributed by atoms with E-state index in [0.717, 1.165) is 4.90 Å². The fraction of sp³-hybridized carbons (Fsp3) is 0.308. The molecule has 1 aromatic carbocycles. The summed E-state index contributed by atoms with van der Waals surface area (Å²) in [6.45, 7) is 3.61. The first kappa shape index (κ1) is 15.2. The number of hydrogen-bond acceptors (Lipinski definition) is 5. The van der Waals surface area contributed by atoms with Crippen molar-refractivity contribution < 1.29 is 14.5 Å². The topological polar surface area (TPSA) is 69.4 Å². The van der Waals surface area contributed by atoms with Gasteiger partial charge in [0, 0.05) is 22.8 Å². The van der Waals surface area contributed by atoms with Gasteiger partial charge in [-0.1, -0.05) is 6.08 Å². The van der Waals surface area contributed by atoms with Gasteiger partial charge in [0.2, 0.25) is 0 Å². The molecule has 0 aliphatic heterocycles. The zero-order valence-electron chi connectivity index (χ0n) is 10.6. The lowest BCUT2D eigenvalue weighted by atomic mass is 10.1. The fourth-order valence-corrected chi connectivity index (χ4v) is 2.46. The zero-order valence-corrected chi connectivity index (χ0v) is 11.4. The summed E-state index contributed by atoms with van der Waals surface area (Å²) in [5.74, 6) is 0.0354. The van der Waals surface area contributed by atoms with E-state index >= 15 is 0 Å². The predicted octanol–water partition coefficient (Wildman–Crippen LogP) is 3.05. The van der Waals surface area contributed by atoms with Crippen molar-refractivity contribution in [2.75, 3.05) is 12.9 Å². The van der Waals surface area contributed by atoms with Crippen LogP contribution in [0.25, 0.3) is 0 Å². The summed E-state index contributed by atoms with van der Waals surface area (Å²) in [4.78, 5) is 22.4. The fourth-order valence-electron chi connectivity index (χ4n) is 1.46. The van der Waals surface area contributed by atoms with Gasteiger partial charge in [-0.05, 0) is 18.6 Å². The number of thioether (sulfide) groups is 1. The third-order valence-corrected chi connectivity index (χ3v) is 3.66. The molecule has 0 aromatic heterocycles. The molecule has 0 radical (unpaired) electrons. The van der Waals surface area contributed by atoms with Crippen LogP contribution in [0.1, 0.15) is 6.42 Å². The summed E-state index contributed by atoms with van der Waals surface area (Å²) < 4.78 is 4.71. The second-order valence-electron chi connectivity index (χ2n) is 3.81. The minimum atomic E-state index is -0.441. The Morgan fingerprint density at radius 1 is 1.53 bits per heavy atom. The highest BCUT2D eigenvalue weighted by molar-refractivity contribution is 7.99. The number of nitro benzene ring substituents is 1. The third kappa shape index (κ3) is 4.75. The minimum Gasteiger partial charge on any atom is -0.469 e. The average molecular weight is 281 g/mol. The van der Waals surface area contributed by atoms with E-state index in [2.05, 4.69) is 6.58 Å². The molecule has 0 aliphatic carbocycles. The molecule has 0 N–H and O–H groups in total. The number of benzene rings is 1. The molecule has 19 heavy (non-hydrogen) atoms. The van der Waals surface area contributed by atoms with Crippen molar-refractivity contribution >= 4 is 23.4 Å². The molecular formula is C13H15NO4S. The van der Waals surface area contributed by atoms with Gasteiger partial charge in [0.25, 0.3) is 5.69 Å². The number of hydrogen-bond donors (Lipinski definition) is 0. The Labute approximate surface area is 115 Å². The average Bonchev–Trinajstić information content (AvgIpc) is 2.43. The van der Waals surface area contributed by atoms with Gasteiger partial charge in [0.15, 0.2) is 0 Å². The second kappa shape index (κ2) is 7.58. The summed E-state index contributed by atoms with van der Waals surface area (Å²) in [6.07, 6.45) is 2.23. The molecule has 0 aliphatic rings. The van der Waals surface area contributed by atoms with Crippen LogP contribution in [0.5, 0.6) is 0 Å². The number of methoxy groups -OCH3 is 1. The van der Waals surface area contributed by atoms with Crippen molar-refractivity contribution in [2.45, 2.75) is 11.3 Å². The Hall–Kier alpha value is -1.82. The zero-order chi connectivity index (χ0) is 14.3. The normalized spacial score (nSPS) is 11.6. The van der Waals surface area contributed by atoms with Crippen molar-refractivity contribution in [3.8, 4) is 0 Å². The number of esters is 1. The molecular weight excluding hydrogens is 266 g/mol. The summed E-state index contributed by atoms with van der Waals surface area (Å²) in [5, 5.41) is 10.5. The third-order valence-electron chi connectivity index (χ3n) is 2.48. The van der Waals surface area contributed by atoms with Crippen molar-refractivity contribution in [1.29, 1.82) is 0 Å². The van der Waals surface area contributed by atoms with E-state index in [4.69, 9.17) is 4.74 Å². The highest BCUT2D eigenvalue weighted by atomic mass is 32.2. The van der Waals surface area contributed by atoms with Gasteiger partial charge in [0.1, 0.15) is 0 Å². The predicted molar refractivity (Wildman–Crippen MR) is 74.1 cm³/mol. The first-order valence-electron chi connectivity index (χ1n) is 5.64. The van der Waals surface area contributed by atoms with Gasteiger partial charge in [-0.3, -0.25) is 14.9 Å². The lowest BCUT2D eigenvalue weighted by Gasteiger charge is -2.11. The largest absolute Gasteiger partial charge is 0.469 e.